The first-order valence-electron chi connectivity index (χ1n) is 7.22. The average Bonchev–Trinajstić information content (AvgIpc) is 2.36. The van der Waals surface area contributed by atoms with Gasteiger partial charge in [-0.3, -0.25) is 4.79 Å². The van der Waals surface area contributed by atoms with Crippen LogP contribution in [0.2, 0.25) is 0 Å². The molecule has 0 unspecified atom stereocenters. The van der Waals surface area contributed by atoms with Gasteiger partial charge in [0.25, 0.3) is 5.91 Å². The first kappa shape index (κ1) is 19.5. The Kier molecular flexibility index (Phi) is 6.26. The number of primary sulfonamides is 1. The molecule has 8 heteroatoms. The minimum atomic E-state index is -4.22. The minimum Gasteiger partial charge on any atom is -0.347 e. The molecule has 0 bridgehead atoms. The van der Waals surface area contributed by atoms with Crippen LogP contribution in [0.1, 0.15) is 37.0 Å². The lowest BCUT2D eigenvalue weighted by atomic mass is 9.97. The number of hydrogen-bond donors (Lipinski definition) is 2. The number of nitrogens with zero attached hydrogens (tertiary/aromatic N) is 1. The number of sulfonamides is 1. The number of carbonyl (C=O) groups is 1. The lowest BCUT2D eigenvalue weighted by Crippen LogP contribution is -2.43. The number of benzene rings is 1. The van der Waals surface area contributed by atoms with Crippen LogP contribution in [0.5, 0.6) is 0 Å². The Morgan fingerprint density at radius 1 is 1.35 bits per heavy atom. The zero-order chi connectivity index (χ0) is 17.8. The fourth-order valence-corrected chi connectivity index (χ4v) is 2.77. The summed E-state index contributed by atoms with van der Waals surface area (Å²) in [7, 11) is -0.275. The van der Waals surface area contributed by atoms with Gasteiger partial charge >= 0.3 is 0 Å². The van der Waals surface area contributed by atoms with E-state index in [1.165, 1.54) is 6.07 Å². The summed E-state index contributed by atoms with van der Waals surface area (Å²) in [5.74, 6) is -1.45. The Hall–Kier alpha value is -1.51. The first-order valence-corrected chi connectivity index (χ1v) is 8.76. The molecular formula is C15H24FN3O3S. The van der Waals surface area contributed by atoms with Gasteiger partial charge in [-0.15, -0.1) is 0 Å². The fraction of sp³-hybridized carbons (Fsp3) is 0.533. The summed E-state index contributed by atoms with van der Waals surface area (Å²) in [6.07, 6.45) is 1.65. The van der Waals surface area contributed by atoms with Crippen LogP contribution >= 0.6 is 0 Å². The number of hydrogen-bond acceptors (Lipinski definition) is 4. The molecule has 1 amide bonds. The molecule has 1 rings (SSSR count). The van der Waals surface area contributed by atoms with E-state index in [9.17, 15) is 17.6 Å². The summed E-state index contributed by atoms with van der Waals surface area (Å²) < 4.78 is 36.2. The molecule has 0 heterocycles. The predicted molar refractivity (Wildman–Crippen MR) is 87.1 cm³/mol. The summed E-state index contributed by atoms with van der Waals surface area (Å²) in [6.45, 7) is 4.65. The van der Waals surface area contributed by atoms with E-state index >= 15 is 0 Å². The van der Waals surface area contributed by atoms with E-state index in [2.05, 4.69) is 10.2 Å². The van der Waals surface area contributed by atoms with Crippen LogP contribution in [0.25, 0.3) is 0 Å². The molecule has 1 aromatic carbocycles. The van der Waals surface area contributed by atoms with Gasteiger partial charge in [0.15, 0.2) is 0 Å². The molecule has 1 aromatic rings. The van der Waals surface area contributed by atoms with Crippen molar-refractivity contribution in [1.82, 2.24) is 10.2 Å². The van der Waals surface area contributed by atoms with Crippen LogP contribution in [0.15, 0.2) is 23.1 Å². The number of rotatable bonds is 7. The molecule has 0 atom stereocenters. The first-order chi connectivity index (χ1) is 10.4. The Morgan fingerprint density at radius 2 is 1.96 bits per heavy atom. The van der Waals surface area contributed by atoms with Gasteiger partial charge in [-0.05, 0) is 65.5 Å². The normalized spacial score (nSPS) is 12.5. The van der Waals surface area contributed by atoms with Gasteiger partial charge in [-0.2, -0.15) is 0 Å². The lowest BCUT2D eigenvalue weighted by Gasteiger charge is -2.27. The highest BCUT2D eigenvalue weighted by Crippen LogP contribution is 2.17. The molecule has 0 fully saturated rings. The van der Waals surface area contributed by atoms with Gasteiger partial charge in [0.1, 0.15) is 10.7 Å². The topological polar surface area (TPSA) is 92.5 Å². The van der Waals surface area contributed by atoms with Gasteiger partial charge in [0, 0.05) is 11.1 Å². The molecule has 0 spiro atoms. The summed E-state index contributed by atoms with van der Waals surface area (Å²) in [5.41, 5.74) is -0.417. The van der Waals surface area contributed by atoms with E-state index in [1.54, 1.807) is 0 Å². The summed E-state index contributed by atoms with van der Waals surface area (Å²) in [4.78, 5) is 13.6. The largest absolute Gasteiger partial charge is 0.347 e. The third-order valence-corrected chi connectivity index (χ3v) is 4.28. The zero-order valence-corrected chi connectivity index (χ0v) is 14.7. The van der Waals surface area contributed by atoms with E-state index in [0.717, 1.165) is 31.5 Å². The van der Waals surface area contributed by atoms with E-state index in [4.69, 9.17) is 5.14 Å². The zero-order valence-electron chi connectivity index (χ0n) is 13.9. The van der Waals surface area contributed by atoms with Crippen LogP contribution in [-0.2, 0) is 10.0 Å². The van der Waals surface area contributed by atoms with Crippen molar-refractivity contribution in [3.8, 4) is 0 Å². The van der Waals surface area contributed by atoms with Crippen molar-refractivity contribution in [3.05, 3.63) is 29.6 Å². The average molecular weight is 345 g/mol. The Morgan fingerprint density at radius 3 is 2.48 bits per heavy atom. The van der Waals surface area contributed by atoms with Crippen LogP contribution in [0.3, 0.4) is 0 Å². The van der Waals surface area contributed by atoms with Gasteiger partial charge in [0.05, 0.1) is 0 Å². The van der Waals surface area contributed by atoms with Crippen LogP contribution in [-0.4, -0.2) is 45.4 Å². The van der Waals surface area contributed by atoms with Gasteiger partial charge in [0.2, 0.25) is 10.0 Å². The molecule has 0 saturated heterocycles. The van der Waals surface area contributed by atoms with Crippen molar-refractivity contribution in [1.29, 1.82) is 0 Å². The molecule has 0 aromatic heterocycles. The van der Waals surface area contributed by atoms with E-state index in [1.807, 2.05) is 27.9 Å². The summed E-state index contributed by atoms with van der Waals surface area (Å²) >= 11 is 0. The highest BCUT2D eigenvalue weighted by Gasteiger charge is 2.23. The van der Waals surface area contributed by atoms with Crippen LogP contribution in [0, 0.1) is 5.82 Å². The Labute approximate surface area is 136 Å². The second-order valence-electron chi connectivity index (χ2n) is 6.44. The number of amides is 1. The maximum Gasteiger partial charge on any atom is 0.251 e. The van der Waals surface area contributed by atoms with Gasteiger partial charge in [-0.1, -0.05) is 0 Å². The van der Waals surface area contributed by atoms with Crippen molar-refractivity contribution >= 4 is 15.9 Å². The predicted octanol–water partition coefficient (Wildman–Crippen LogP) is 1.32. The standard InChI is InChI=1S/C15H24FN3O3S/c1-15(2,8-5-9-19(3)4)18-14(20)11-6-7-12(16)13(10-11)23(17,21)22/h6-7,10H,5,8-9H2,1-4H3,(H,18,20)(H2,17,21,22). The van der Waals surface area contributed by atoms with E-state index < -0.39 is 32.2 Å². The third kappa shape index (κ3) is 6.25. The maximum absolute atomic E-state index is 13.5. The molecular weight excluding hydrogens is 321 g/mol. The van der Waals surface area contributed by atoms with E-state index in [0.29, 0.717) is 0 Å². The Balaban J connectivity index is 2.86. The number of halogens is 1. The molecule has 0 radical (unpaired) electrons. The number of nitrogens with one attached hydrogen (secondary N) is 1. The second-order valence-corrected chi connectivity index (χ2v) is 7.96. The van der Waals surface area contributed by atoms with Gasteiger partial charge in [-0.25, -0.2) is 17.9 Å². The molecule has 0 aliphatic rings. The molecule has 3 N–H and O–H groups in total. The van der Waals surface area contributed by atoms with E-state index in [-0.39, 0.29) is 5.56 Å². The molecule has 6 nitrogen and oxygen atoms in total. The van der Waals surface area contributed by atoms with Crippen LogP contribution < -0.4 is 10.5 Å². The number of carbonyl (C=O) groups excluding carboxylic acids is 1. The highest BCUT2D eigenvalue weighted by molar-refractivity contribution is 7.89. The van der Waals surface area contributed by atoms with Crippen molar-refractivity contribution in [2.75, 3.05) is 20.6 Å². The van der Waals surface area contributed by atoms with Crippen molar-refractivity contribution in [2.24, 2.45) is 5.14 Å². The highest BCUT2D eigenvalue weighted by atomic mass is 32.2. The van der Waals surface area contributed by atoms with Crippen molar-refractivity contribution in [3.63, 3.8) is 0 Å². The van der Waals surface area contributed by atoms with Crippen molar-refractivity contribution in [2.45, 2.75) is 37.1 Å². The lowest BCUT2D eigenvalue weighted by molar-refractivity contribution is 0.0907. The molecule has 0 aliphatic carbocycles. The molecule has 0 aliphatic heterocycles. The third-order valence-electron chi connectivity index (χ3n) is 3.36. The number of nitrogens with two attached hydrogens (primary N) is 1. The second kappa shape index (κ2) is 7.37. The quantitative estimate of drug-likeness (QED) is 0.779. The Bertz CT molecular complexity index is 673. The minimum absolute atomic E-state index is 0.0520. The fourth-order valence-electron chi connectivity index (χ4n) is 2.14. The smallest absolute Gasteiger partial charge is 0.251 e. The van der Waals surface area contributed by atoms with Gasteiger partial charge < -0.3 is 10.2 Å². The summed E-state index contributed by atoms with van der Waals surface area (Å²) in [6, 6.07) is 3.11. The van der Waals surface area contributed by atoms with Crippen LogP contribution in [0.4, 0.5) is 4.39 Å². The van der Waals surface area contributed by atoms with Crippen molar-refractivity contribution < 1.29 is 17.6 Å². The SMILES string of the molecule is CN(C)CCCC(C)(C)NC(=O)c1ccc(F)c(S(N)(=O)=O)c1. The maximum atomic E-state index is 13.5. The monoisotopic (exact) mass is 345 g/mol. The molecule has 23 heavy (non-hydrogen) atoms. The summed E-state index contributed by atoms with van der Waals surface area (Å²) in [5, 5.41) is 7.77. The molecule has 0 saturated carbocycles. The molecule has 130 valence electrons.